The van der Waals surface area contributed by atoms with E-state index in [1.165, 1.54) is 25.7 Å². The summed E-state index contributed by atoms with van der Waals surface area (Å²) in [4.78, 5) is 17.8. The molecule has 1 aliphatic carbocycles. The highest BCUT2D eigenvalue weighted by molar-refractivity contribution is 6.08. The number of unbranched alkanes of at least 4 members (excludes halogenated alkanes) is 3. The largest absolute Gasteiger partial charge is 0.489 e. The smallest absolute Gasteiger partial charge is 0.260 e. The quantitative estimate of drug-likeness (QED) is 0.245. The van der Waals surface area contributed by atoms with Gasteiger partial charge >= 0.3 is 0 Å². The third kappa shape index (κ3) is 5.46. The van der Waals surface area contributed by atoms with E-state index in [1.54, 1.807) is 24.0 Å². The molecular formula is C28H36N6O3. The molecule has 4 aromatic rings. The minimum absolute atomic E-state index is 0.00968. The Bertz CT molecular complexity index is 1360. The third-order valence-electron chi connectivity index (χ3n) is 7.30. The van der Waals surface area contributed by atoms with Gasteiger partial charge in [0.1, 0.15) is 11.9 Å². The number of carbonyl (C=O) groups is 1. The van der Waals surface area contributed by atoms with Gasteiger partial charge in [-0.2, -0.15) is 14.7 Å². The molecule has 1 amide bonds. The van der Waals surface area contributed by atoms with Crippen LogP contribution in [0.2, 0.25) is 0 Å². The van der Waals surface area contributed by atoms with Crippen LogP contribution in [0.5, 0.6) is 5.75 Å². The van der Waals surface area contributed by atoms with Crippen molar-refractivity contribution in [2.24, 2.45) is 0 Å². The fourth-order valence-corrected chi connectivity index (χ4v) is 4.95. The molecule has 1 N–H and O–H groups in total. The first-order valence-corrected chi connectivity index (χ1v) is 13.4. The second kappa shape index (κ2) is 11.3. The number of ether oxygens (including phenoxy) is 2. The summed E-state index contributed by atoms with van der Waals surface area (Å²) in [5, 5.41) is 13.1. The third-order valence-corrected chi connectivity index (χ3v) is 7.30. The normalized spacial score (nSPS) is 18.1. The number of rotatable bonds is 12. The Labute approximate surface area is 217 Å². The molecule has 1 unspecified atom stereocenters. The summed E-state index contributed by atoms with van der Waals surface area (Å²) in [5.74, 6) is 0.766. The number of fused-ring (bicyclic) bond motifs is 2. The monoisotopic (exact) mass is 504 g/mol. The van der Waals surface area contributed by atoms with Crippen LogP contribution in [-0.2, 0) is 4.74 Å². The van der Waals surface area contributed by atoms with E-state index in [0.717, 1.165) is 36.6 Å². The first-order valence-electron chi connectivity index (χ1n) is 13.4. The Morgan fingerprint density at radius 2 is 2.05 bits per heavy atom. The molecule has 5 rings (SSSR count). The summed E-state index contributed by atoms with van der Waals surface area (Å²) in [6, 6.07) is 7.77. The molecule has 1 fully saturated rings. The molecule has 1 aromatic carbocycles. The zero-order valence-electron chi connectivity index (χ0n) is 21.9. The molecule has 1 atom stereocenters. The predicted molar refractivity (Wildman–Crippen MR) is 143 cm³/mol. The van der Waals surface area contributed by atoms with Crippen molar-refractivity contribution in [2.45, 2.75) is 83.5 Å². The van der Waals surface area contributed by atoms with Crippen LogP contribution in [0.15, 0.2) is 42.9 Å². The van der Waals surface area contributed by atoms with Gasteiger partial charge in [0.05, 0.1) is 29.4 Å². The van der Waals surface area contributed by atoms with E-state index in [4.69, 9.17) is 14.6 Å². The molecule has 196 valence electrons. The van der Waals surface area contributed by atoms with Gasteiger partial charge in [0.25, 0.3) is 5.91 Å². The Hall–Kier alpha value is -3.46. The molecule has 0 aliphatic heterocycles. The highest BCUT2D eigenvalue weighted by Gasteiger charge is 2.32. The highest BCUT2D eigenvalue weighted by atomic mass is 16.5. The number of amides is 1. The van der Waals surface area contributed by atoms with E-state index in [1.807, 2.05) is 24.3 Å². The van der Waals surface area contributed by atoms with Crippen LogP contribution in [0.25, 0.3) is 16.6 Å². The van der Waals surface area contributed by atoms with Gasteiger partial charge in [-0.15, -0.1) is 0 Å². The second-order valence-corrected chi connectivity index (χ2v) is 9.89. The molecule has 1 aliphatic rings. The maximum atomic E-state index is 13.5. The summed E-state index contributed by atoms with van der Waals surface area (Å²) in [6.45, 7) is 4.44. The summed E-state index contributed by atoms with van der Waals surface area (Å²) < 4.78 is 15.4. The average Bonchev–Trinajstić information content (AvgIpc) is 3.49. The molecule has 9 heteroatoms. The number of nitrogens with one attached hydrogen (secondary N) is 1. The number of carbonyl (C=O) groups excluding carboxylic acids is 1. The van der Waals surface area contributed by atoms with E-state index >= 15 is 0 Å². The SMILES string of the molecule is CCCCCCC(CC)n1cc2cc(C(=O)Nc3cnc4cccnn34)c(OC3CC(OC)C3)cc2n1. The molecular weight excluding hydrogens is 468 g/mol. The van der Waals surface area contributed by atoms with Crippen molar-refractivity contribution in [3.63, 3.8) is 0 Å². The van der Waals surface area contributed by atoms with Gasteiger partial charge in [-0.25, -0.2) is 4.98 Å². The first-order chi connectivity index (χ1) is 18.1. The van der Waals surface area contributed by atoms with Crippen LogP contribution in [-0.4, -0.2) is 49.6 Å². The number of methoxy groups -OCH3 is 1. The lowest BCUT2D eigenvalue weighted by molar-refractivity contribution is -0.0382. The molecule has 0 bridgehead atoms. The van der Waals surface area contributed by atoms with Crippen LogP contribution < -0.4 is 10.1 Å². The summed E-state index contributed by atoms with van der Waals surface area (Å²) in [7, 11) is 1.72. The van der Waals surface area contributed by atoms with Crippen molar-refractivity contribution < 1.29 is 14.3 Å². The average molecular weight is 505 g/mol. The molecule has 1 saturated carbocycles. The van der Waals surface area contributed by atoms with Crippen molar-refractivity contribution in [1.82, 2.24) is 24.4 Å². The zero-order chi connectivity index (χ0) is 25.8. The van der Waals surface area contributed by atoms with Crippen molar-refractivity contribution in [2.75, 3.05) is 12.4 Å². The maximum absolute atomic E-state index is 13.5. The van der Waals surface area contributed by atoms with Crippen molar-refractivity contribution in [3.05, 3.63) is 48.4 Å². The minimum atomic E-state index is -0.272. The minimum Gasteiger partial charge on any atom is -0.489 e. The molecule has 3 heterocycles. The van der Waals surface area contributed by atoms with Gasteiger partial charge in [0.2, 0.25) is 0 Å². The zero-order valence-corrected chi connectivity index (χ0v) is 21.9. The van der Waals surface area contributed by atoms with Crippen LogP contribution >= 0.6 is 0 Å². The van der Waals surface area contributed by atoms with Crippen LogP contribution in [0, 0.1) is 0 Å². The number of imidazole rings is 1. The van der Waals surface area contributed by atoms with Crippen molar-refractivity contribution in [3.8, 4) is 5.75 Å². The Balaban J connectivity index is 1.43. The van der Waals surface area contributed by atoms with E-state index in [9.17, 15) is 4.79 Å². The van der Waals surface area contributed by atoms with Gasteiger partial charge in [-0.05, 0) is 31.0 Å². The topological polar surface area (TPSA) is 95.6 Å². The van der Waals surface area contributed by atoms with Gasteiger partial charge in [-0.3, -0.25) is 9.48 Å². The first kappa shape index (κ1) is 25.2. The van der Waals surface area contributed by atoms with Gasteiger partial charge < -0.3 is 14.8 Å². The Morgan fingerprint density at radius 3 is 2.84 bits per heavy atom. The summed E-state index contributed by atoms with van der Waals surface area (Å²) in [5.41, 5.74) is 1.96. The highest BCUT2D eigenvalue weighted by Crippen LogP contribution is 2.33. The van der Waals surface area contributed by atoms with Gasteiger partial charge in [0, 0.05) is 43.8 Å². The molecule has 3 aromatic heterocycles. The van der Waals surface area contributed by atoms with Crippen molar-refractivity contribution >= 4 is 28.3 Å². The molecule has 37 heavy (non-hydrogen) atoms. The number of anilines is 1. The molecule has 0 saturated heterocycles. The Morgan fingerprint density at radius 1 is 1.19 bits per heavy atom. The standard InChI is InChI=1S/C28H36N6O3/c1-4-6-7-8-10-20(5-2)33-18-19-13-23(25(16-24(19)32-33)37-22-14-21(15-22)36-3)28(35)31-27-17-29-26-11-9-12-30-34(26)27/h9,11-13,16-18,20-22H,4-8,10,14-15H2,1-3H3,(H,31,35). The van der Waals surface area contributed by atoms with Gasteiger partial charge in [-0.1, -0.05) is 39.5 Å². The number of nitrogens with zero attached hydrogens (tertiary/aromatic N) is 5. The lowest BCUT2D eigenvalue weighted by Gasteiger charge is -2.34. The van der Waals surface area contributed by atoms with Crippen LogP contribution in [0.1, 0.15) is 81.6 Å². The Kier molecular flexibility index (Phi) is 7.69. The van der Waals surface area contributed by atoms with E-state index in [0.29, 0.717) is 28.8 Å². The van der Waals surface area contributed by atoms with E-state index in [-0.39, 0.29) is 18.1 Å². The number of hydrogen-bond acceptors (Lipinski definition) is 6. The summed E-state index contributed by atoms with van der Waals surface area (Å²) in [6.07, 6.45) is 14.2. The molecule has 0 spiro atoms. The number of benzene rings is 1. The van der Waals surface area contributed by atoms with Crippen LogP contribution in [0.3, 0.4) is 0 Å². The molecule has 9 nitrogen and oxygen atoms in total. The van der Waals surface area contributed by atoms with Gasteiger partial charge in [0.15, 0.2) is 11.5 Å². The van der Waals surface area contributed by atoms with Crippen molar-refractivity contribution in [1.29, 1.82) is 0 Å². The van der Waals surface area contributed by atoms with E-state index < -0.39 is 0 Å². The van der Waals surface area contributed by atoms with Crippen LogP contribution in [0.4, 0.5) is 5.82 Å². The maximum Gasteiger partial charge on any atom is 0.260 e. The second-order valence-electron chi connectivity index (χ2n) is 9.89. The lowest BCUT2D eigenvalue weighted by Crippen LogP contribution is -2.39. The predicted octanol–water partition coefficient (Wildman–Crippen LogP) is 5.81. The summed E-state index contributed by atoms with van der Waals surface area (Å²) >= 11 is 0. The molecule has 0 radical (unpaired) electrons. The number of aromatic nitrogens is 5. The fourth-order valence-electron chi connectivity index (χ4n) is 4.95. The van der Waals surface area contributed by atoms with E-state index in [2.05, 4.69) is 40.1 Å². The number of hydrogen-bond donors (Lipinski definition) is 1. The fraction of sp³-hybridized carbons (Fsp3) is 0.500. The lowest BCUT2D eigenvalue weighted by atomic mass is 9.92.